The van der Waals surface area contributed by atoms with Gasteiger partial charge in [0.1, 0.15) is 5.82 Å². The van der Waals surface area contributed by atoms with Gasteiger partial charge in [-0.05, 0) is 37.3 Å². The Bertz CT molecular complexity index is 801. The first-order chi connectivity index (χ1) is 11.6. The van der Waals surface area contributed by atoms with E-state index in [9.17, 15) is 4.79 Å². The maximum absolute atomic E-state index is 12.7. The Kier molecular flexibility index (Phi) is 4.86. The first-order valence-corrected chi connectivity index (χ1v) is 8.45. The van der Waals surface area contributed by atoms with Gasteiger partial charge in [-0.15, -0.1) is 0 Å². The van der Waals surface area contributed by atoms with E-state index in [1.54, 1.807) is 6.08 Å². The van der Waals surface area contributed by atoms with Gasteiger partial charge in [0.05, 0.1) is 16.6 Å². The number of hydrogen-bond acceptors (Lipinski definition) is 3. The Balaban J connectivity index is 1.88. The van der Waals surface area contributed by atoms with Crippen molar-refractivity contribution in [1.82, 2.24) is 10.3 Å². The molecule has 2 aromatic rings. The number of nitrogens with zero attached hydrogens (tertiary/aromatic N) is 1. The van der Waals surface area contributed by atoms with E-state index in [1.807, 2.05) is 25.1 Å². The summed E-state index contributed by atoms with van der Waals surface area (Å²) in [4.78, 5) is 16.8. The summed E-state index contributed by atoms with van der Waals surface area (Å²) >= 11 is 6.37. The van der Waals surface area contributed by atoms with Crippen molar-refractivity contribution in [2.45, 2.75) is 32.2 Å². The van der Waals surface area contributed by atoms with Gasteiger partial charge in [-0.2, -0.15) is 0 Å². The molecule has 5 heteroatoms. The number of carbonyl (C=O) groups excluding carboxylic acids is 1. The third-order valence-electron chi connectivity index (χ3n) is 4.33. The van der Waals surface area contributed by atoms with Gasteiger partial charge in [0.2, 0.25) is 0 Å². The summed E-state index contributed by atoms with van der Waals surface area (Å²) in [6, 6.07) is 8.24. The summed E-state index contributed by atoms with van der Waals surface area (Å²) in [5, 5.41) is 3.43. The summed E-state index contributed by atoms with van der Waals surface area (Å²) in [6.45, 7) is 1.86. The molecule has 1 atom stereocenters. The van der Waals surface area contributed by atoms with Gasteiger partial charge in [0.15, 0.2) is 0 Å². The van der Waals surface area contributed by atoms with Crippen molar-refractivity contribution in [3.63, 3.8) is 0 Å². The third kappa shape index (κ3) is 3.15. The van der Waals surface area contributed by atoms with Gasteiger partial charge in [-0.3, -0.25) is 4.79 Å². The number of aryl methyl sites for hydroxylation is 1. The fourth-order valence-corrected chi connectivity index (χ4v) is 3.44. The molecule has 0 fully saturated rings. The second kappa shape index (κ2) is 7.05. The number of pyridine rings is 1. The number of anilines is 1. The van der Waals surface area contributed by atoms with E-state index < -0.39 is 0 Å². The van der Waals surface area contributed by atoms with Crippen LogP contribution in [0.25, 0.3) is 6.08 Å². The van der Waals surface area contributed by atoms with E-state index in [2.05, 4.69) is 22.4 Å². The Labute approximate surface area is 146 Å². The van der Waals surface area contributed by atoms with Gasteiger partial charge in [-0.1, -0.05) is 48.0 Å². The van der Waals surface area contributed by atoms with Crippen LogP contribution in [0.5, 0.6) is 0 Å². The van der Waals surface area contributed by atoms with Crippen LogP contribution in [0.4, 0.5) is 5.82 Å². The SMILES string of the molecule is C/C=C\c1c(N)ncc(C(=O)N[C@H]2CCCc3ccccc32)c1Cl. The molecule has 3 N–H and O–H groups in total. The van der Waals surface area contributed by atoms with Crippen molar-refractivity contribution < 1.29 is 4.79 Å². The smallest absolute Gasteiger partial charge is 0.254 e. The van der Waals surface area contributed by atoms with E-state index in [-0.39, 0.29) is 11.9 Å². The molecule has 24 heavy (non-hydrogen) atoms. The van der Waals surface area contributed by atoms with E-state index in [0.29, 0.717) is 22.0 Å². The van der Waals surface area contributed by atoms with Crippen molar-refractivity contribution in [3.8, 4) is 0 Å². The molecule has 124 valence electrons. The summed E-state index contributed by atoms with van der Waals surface area (Å²) in [6.07, 6.45) is 8.05. The lowest BCUT2D eigenvalue weighted by atomic mass is 9.87. The number of amides is 1. The monoisotopic (exact) mass is 341 g/mol. The molecule has 0 saturated heterocycles. The zero-order valence-corrected chi connectivity index (χ0v) is 14.3. The van der Waals surface area contributed by atoms with Crippen molar-refractivity contribution >= 4 is 29.4 Å². The Morgan fingerprint density at radius 3 is 3.00 bits per heavy atom. The topological polar surface area (TPSA) is 68.0 Å². The molecule has 1 amide bonds. The largest absolute Gasteiger partial charge is 0.383 e. The Morgan fingerprint density at radius 2 is 2.21 bits per heavy atom. The number of nitrogens with one attached hydrogen (secondary N) is 1. The normalized spacial score (nSPS) is 16.8. The number of aromatic nitrogens is 1. The number of nitrogen functional groups attached to an aromatic ring is 1. The fraction of sp³-hybridized carbons (Fsp3) is 0.263. The van der Waals surface area contributed by atoms with Gasteiger partial charge >= 0.3 is 0 Å². The quantitative estimate of drug-likeness (QED) is 0.880. The zero-order valence-electron chi connectivity index (χ0n) is 13.6. The third-order valence-corrected chi connectivity index (χ3v) is 4.74. The minimum absolute atomic E-state index is 0.00115. The number of benzene rings is 1. The highest BCUT2D eigenvalue weighted by atomic mass is 35.5. The minimum atomic E-state index is -0.222. The maximum atomic E-state index is 12.7. The predicted octanol–water partition coefficient (Wildman–Crippen LogP) is 4.16. The van der Waals surface area contributed by atoms with Crippen molar-refractivity contribution in [2.75, 3.05) is 5.73 Å². The van der Waals surface area contributed by atoms with Gasteiger partial charge in [0, 0.05) is 11.8 Å². The highest BCUT2D eigenvalue weighted by molar-refractivity contribution is 6.35. The number of carbonyl (C=O) groups is 1. The second-order valence-corrected chi connectivity index (χ2v) is 6.28. The van der Waals surface area contributed by atoms with Crippen LogP contribution in [0, 0.1) is 0 Å². The molecule has 1 aromatic heterocycles. The van der Waals surface area contributed by atoms with E-state index in [1.165, 1.54) is 17.3 Å². The highest BCUT2D eigenvalue weighted by Gasteiger charge is 2.23. The molecule has 1 heterocycles. The number of allylic oxidation sites excluding steroid dienone is 1. The number of nitrogens with two attached hydrogens (primary N) is 1. The van der Waals surface area contributed by atoms with Crippen LogP contribution in [-0.4, -0.2) is 10.9 Å². The van der Waals surface area contributed by atoms with Crippen LogP contribution in [0.1, 0.15) is 52.9 Å². The minimum Gasteiger partial charge on any atom is -0.383 e. The average molecular weight is 342 g/mol. The summed E-state index contributed by atoms with van der Waals surface area (Å²) in [5.74, 6) is 0.0950. The lowest BCUT2D eigenvalue weighted by Gasteiger charge is -2.26. The Hall–Kier alpha value is -2.33. The maximum Gasteiger partial charge on any atom is 0.254 e. The lowest BCUT2D eigenvalue weighted by Crippen LogP contribution is -2.31. The molecule has 1 aliphatic carbocycles. The van der Waals surface area contributed by atoms with Crippen LogP contribution in [-0.2, 0) is 6.42 Å². The van der Waals surface area contributed by atoms with Crippen molar-refractivity contribution in [1.29, 1.82) is 0 Å². The molecule has 3 rings (SSSR count). The summed E-state index contributed by atoms with van der Waals surface area (Å²) in [5.41, 5.74) is 9.26. The zero-order chi connectivity index (χ0) is 17.1. The van der Waals surface area contributed by atoms with E-state index in [0.717, 1.165) is 19.3 Å². The van der Waals surface area contributed by atoms with Crippen LogP contribution in [0.3, 0.4) is 0 Å². The van der Waals surface area contributed by atoms with E-state index >= 15 is 0 Å². The van der Waals surface area contributed by atoms with Crippen LogP contribution < -0.4 is 11.1 Å². The molecule has 0 saturated carbocycles. The molecule has 1 aromatic carbocycles. The lowest BCUT2D eigenvalue weighted by molar-refractivity contribution is 0.0932. The number of fused-ring (bicyclic) bond motifs is 1. The molecular formula is C19H20ClN3O. The molecule has 4 nitrogen and oxygen atoms in total. The first-order valence-electron chi connectivity index (χ1n) is 8.07. The van der Waals surface area contributed by atoms with Crippen LogP contribution >= 0.6 is 11.6 Å². The first kappa shape index (κ1) is 16.5. The van der Waals surface area contributed by atoms with Crippen molar-refractivity contribution in [2.24, 2.45) is 0 Å². The number of hydrogen-bond donors (Lipinski definition) is 2. The molecule has 0 aliphatic heterocycles. The predicted molar refractivity (Wildman–Crippen MR) is 98.0 cm³/mol. The van der Waals surface area contributed by atoms with Crippen molar-refractivity contribution in [3.05, 3.63) is 63.8 Å². The standard InChI is InChI=1S/C19H20ClN3O/c1-2-6-14-17(20)15(11-22-18(14)21)19(24)23-16-10-5-8-12-7-3-4-9-13(12)16/h2-4,6-7,9,11,16H,5,8,10H2,1H3,(H2,21,22)(H,23,24)/b6-2-/t16-/m0/s1. The van der Waals surface area contributed by atoms with Crippen LogP contribution in [0.15, 0.2) is 36.5 Å². The van der Waals surface area contributed by atoms with Gasteiger partial charge < -0.3 is 11.1 Å². The van der Waals surface area contributed by atoms with Crippen LogP contribution in [0.2, 0.25) is 5.02 Å². The highest BCUT2D eigenvalue weighted by Crippen LogP contribution is 2.31. The van der Waals surface area contributed by atoms with Gasteiger partial charge in [0.25, 0.3) is 5.91 Å². The molecule has 0 spiro atoms. The Morgan fingerprint density at radius 1 is 1.42 bits per heavy atom. The molecular weight excluding hydrogens is 322 g/mol. The molecule has 0 radical (unpaired) electrons. The molecule has 0 bridgehead atoms. The molecule has 0 unspecified atom stereocenters. The number of rotatable bonds is 3. The number of halogens is 1. The second-order valence-electron chi connectivity index (χ2n) is 5.90. The summed E-state index contributed by atoms with van der Waals surface area (Å²) in [7, 11) is 0. The fourth-order valence-electron chi connectivity index (χ4n) is 3.14. The van der Waals surface area contributed by atoms with E-state index in [4.69, 9.17) is 17.3 Å². The summed E-state index contributed by atoms with van der Waals surface area (Å²) < 4.78 is 0. The van der Waals surface area contributed by atoms with Gasteiger partial charge in [-0.25, -0.2) is 4.98 Å². The molecule has 1 aliphatic rings. The average Bonchev–Trinajstić information content (AvgIpc) is 2.59.